The van der Waals surface area contributed by atoms with Crippen molar-refractivity contribution < 1.29 is 34.8 Å². The van der Waals surface area contributed by atoms with Gasteiger partial charge in [0.1, 0.15) is 16.4 Å². The van der Waals surface area contributed by atoms with Crippen molar-refractivity contribution in [1.82, 2.24) is 19.5 Å². The van der Waals surface area contributed by atoms with Crippen LogP contribution in [0, 0.1) is 6.92 Å². The van der Waals surface area contributed by atoms with Gasteiger partial charge in [0.05, 0.1) is 18.2 Å². The SMILES string of the molecule is Cc1ccc(-c2nc(C(F)(F)F)cn2-c2ccccc2S(N)(=O)=O)cc1.FC(F)(F)c1cnc[nH]1. The van der Waals surface area contributed by atoms with Gasteiger partial charge in [-0.15, -0.1) is 0 Å². The first-order valence-corrected chi connectivity index (χ1v) is 11.1. The molecule has 0 radical (unpaired) electrons. The van der Waals surface area contributed by atoms with Gasteiger partial charge in [-0.1, -0.05) is 42.0 Å². The van der Waals surface area contributed by atoms with Gasteiger partial charge in [0, 0.05) is 11.8 Å². The molecule has 0 saturated carbocycles. The van der Waals surface area contributed by atoms with Crippen LogP contribution in [0.25, 0.3) is 17.1 Å². The van der Waals surface area contributed by atoms with E-state index in [0.29, 0.717) is 5.56 Å². The second-order valence-electron chi connectivity index (χ2n) is 7.16. The van der Waals surface area contributed by atoms with Crippen LogP contribution in [0.15, 0.2) is 72.1 Å². The van der Waals surface area contributed by atoms with Gasteiger partial charge in [-0.3, -0.25) is 4.57 Å². The number of H-pyrrole nitrogens is 1. The molecule has 14 heteroatoms. The van der Waals surface area contributed by atoms with Crippen LogP contribution >= 0.6 is 0 Å². The van der Waals surface area contributed by atoms with Gasteiger partial charge in [-0.25, -0.2) is 23.5 Å². The summed E-state index contributed by atoms with van der Waals surface area (Å²) in [5.41, 5.74) is -0.614. The Morgan fingerprint density at radius 1 is 0.943 bits per heavy atom. The summed E-state index contributed by atoms with van der Waals surface area (Å²) in [5.74, 6) is -0.0339. The monoisotopic (exact) mass is 517 g/mol. The molecule has 0 saturated heterocycles. The number of nitrogens with zero attached hydrogens (tertiary/aromatic N) is 3. The third kappa shape index (κ3) is 6.27. The van der Waals surface area contributed by atoms with E-state index >= 15 is 0 Å². The number of aromatic amines is 1. The van der Waals surface area contributed by atoms with Crippen molar-refractivity contribution in [3.8, 4) is 17.1 Å². The zero-order valence-electron chi connectivity index (χ0n) is 17.8. The highest BCUT2D eigenvalue weighted by Crippen LogP contribution is 2.34. The van der Waals surface area contributed by atoms with Crippen LogP contribution in [0.5, 0.6) is 0 Å². The molecule has 0 unspecified atom stereocenters. The number of aryl methyl sites for hydroxylation is 1. The molecule has 186 valence electrons. The molecule has 2 heterocycles. The van der Waals surface area contributed by atoms with Gasteiger partial charge in [0.2, 0.25) is 10.0 Å². The third-order valence-corrected chi connectivity index (χ3v) is 5.50. The zero-order valence-corrected chi connectivity index (χ0v) is 18.6. The van der Waals surface area contributed by atoms with Crippen molar-refractivity contribution in [3.63, 3.8) is 0 Å². The van der Waals surface area contributed by atoms with Crippen LogP contribution in [-0.4, -0.2) is 27.9 Å². The summed E-state index contributed by atoms with van der Waals surface area (Å²) >= 11 is 0. The van der Waals surface area contributed by atoms with Gasteiger partial charge in [-0.2, -0.15) is 26.3 Å². The fraction of sp³-hybridized carbons (Fsp3) is 0.143. The van der Waals surface area contributed by atoms with Gasteiger partial charge in [0.15, 0.2) is 5.69 Å². The molecular formula is C21H17F6N5O2S. The molecule has 0 aliphatic carbocycles. The van der Waals surface area contributed by atoms with Crippen LogP contribution in [0.3, 0.4) is 0 Å². The number of hydrogen-bond donors (Lipinski definition) is 2. The first-order valence-electron chi connectivity index (χ1n) is 9.59. The normalized spacial score (nSPS) is 12.2. The Morgan fingerprint density at radius 2 is 1.57 bits per heavy atom. The number of nitrogens with one attached hydrogen (secondary N) is 1. The summed E-state index contributed by atoms with van der Waals surface area (Å²) in [6.07, 6.45) is -6.49. The first-order chi connectivity index (χ1) is 16.2. The second-order valence-corrected chi connectivity index (χ2v) is 8.69. The predicted molar refractivity (Wildman–Crippen MR) is 114 cm³/mol. The Morgan fingerprint density at radius 3 is 2.06 bits per heavy atom. The van der Waals surface area contributed by atoms with E-state index in [1.54, 1.807) is 24.3 Å². The molecule has 3 N–H and O–H groups in total. The highest BCUT2D eigenvalue weighted by molar-refractivity contribution is 7.89. The number of nitrogens with two attached hydrogens (primary N) is 1. The van der Waals surface area contributed by atoms with Crippen molar-refractivity contribution in [1.29, 1.82) is 0 Å². The highest BCUT2D eigenvalue weighted by atomic mass is 32.2. The van der Waals surface area contributed by atoms with E-state index < -0.39 is 33.8 Å². The molecule has 35 heavy (non-hydrogen) atoms. The Labute approximate surface area is 195 Å². The van der Waals surface area contributed by atoms with E-state index in [-0.39, 0.29) is 16.4 Å². The average Bonchev–Trinajstić information content (AvgIpc) is 3.44. The van der Waals surface area contributed by atoms with E-state index in [4.69, 9.17) is 5.14 Å². The smallest absolute Gasteiger partial charge is 0.341 e. The Bertz CT molecular complexity index is 1390. The molecule has 0 aliphatic heterocycles. The van der Waals surface area contributed by atoms with Crippen LogP contribution < -0.4 is 5.14 Å². The maximum absolute atomic E-state index is 13.2. The summed E-state index contributed by atoms with van der Waals surface area (Å²) in [6.45, 7) is 1.84. The van der Waals surface area contributed by atoms with Crippen molar-refractivity contribution in [2.45, 2.75) is 24.2 Å². The Kier molecular flexibility index (Phi) is 7.08. The number of rotatable bonds is 3. The maximum atomic E-state index is 13.2. The summed E-state index contributed by atoms with van der Waals surface area (Å²) in [4.78, 5) is 8.55. The van der Waals surface area contributed by atoms with Crippen LogP contribution in [0.1, 0.15) is 17.0 Å². The third-order valence-electron chi connectivity index (χ3n) is 4.54. The van der Waals surface area contributed by atoms with Gasteiger partial charge in [0.25, 0.3) is 0 Å². The van der Waals surface area contributed by atoms with Gasteiger partial charge >= 0.3 is 12.4 Å². The largest absolute Gasteiger partial charge is 0.434 e. The molecule has 4 rings (SSSR count). The van der Waals surface area contributed by atoms with E-state index in [0.717, 1.165) is 28.9 Å². The minimum absolute atomic E-state index is 0.00595. The topological polar surface area (TPSA) is 107 Å². The van der Waals surface area contributed by atoms with E-state index in [2.05, 4.69) is 9.97 Å². The number of alkyl halides is 6. The number of sulfonamides is 1. The molecule has 0 fully saturated rings. The molecule has 4 aromatic rings. The van der Waals surface area contributed by atoms with Crippen molar-refractivity contribution in [2.24, 2.45) is 5.14 Å². The molecule has 0 aliphatic rings. The second kappa shape index (κ2) is 9.54. The number of para-hydroxylation sites is 1. The lowest BCUT2D eigenvalue weighted by Gasteiger charge is -2.12. The summed E-state index contributed by atoms with van der Waals surface area (Å²) < 4.78 is 99.0. The summed E-state index contributed by atoms with van der Waals surface area (Å²) in [6, 6.07) is 12.3. The van der Waals surface area contributed by atoms with Crippen LogP contribution in [0.2, 0.25) is 0 Å². The first kappa shape index (κ1) is 26.0. The highest BCUT2D eigenvalue weighted by Gasteiger charge is 2.35. The molecular weight excluding hydrogens is 500 g/mol. The van der Waals surface area contributed by atoms with E-state index in [1.165, 1.54) is 24.3 Å². The van der Waals surface area contributed by atoms with Crippen molar-refractivity contribution >= 4 is 10.0 Å². The summed E-state index contributed by atoms with van der Waals surface area (Å²) in [7, 11) is -4.14. The molecule has 7 nitrogen and oxygen atoms in total. The quantitative estimate of drug-likeness (QED) is 0.376. The lowest BCUT2D eigenvalue weighted by atomic mass is 10.1. The lowest BCUT2D eigenvalue weighted by Crippen LogP contribution is -2.15. The molecule has 2 aromatic heterocycles. The average molecular weight is 517 g/mol. The minimum atomic E-state index is -4.68. The van der Waals surface area contributed by atoms with Crippen molar-refractivity contribution in [2.75, 3.05) is 0 Å². The van der Waals surface area contributed by atoms with Crippen molar-refractivity contribution in [3.05, 3.63) is 84.2 Å². The Balaban J connectivity index is 0.000000320. The molecule has 0 atom stereocenters. The maximum Gasteiger partial charge on any atom is 0.434 e. The Hall–Kier alpha value is -3.65. The number of aromatic nitrogens is 4. The fourth-order valence-corrected chi connectivity index (χ4v) is 3.64. The van der Waals surface area contributed by atoms with E-state index in [9.17, 15) is 34.8 Å². The standard InChI is InChI=1S/C17H14F3N3O2S.C4H3F3N2/c1-11-6-8-12(9-7-11)16-22-15(17(18,19)20)10-23(16)13-4-2-3-5-14(13)26(21,24)25;5-4(6,7)3-1-8-2-9-3/h2-10H,1H3,(H2,21,24,25);1-2H,(H,8,9). The van der Waals surface area contributed by atoms with Crippen LogP contribution in [0.4, 0.5) is 26.3 Å². The molecule has 0 amide bonds. The lowest BCUT2D eigenvalue weighted by molar-refractivity contribution is -0.141. The number of benzene rings is 2. The fourth-order valence-electron chi connectivity index (χ4n) is 2.91. The van der Waals surface area contributed by atoms with Crippen LogP contribution in [-0.2, 0) is 22.4 Å². The number of primary sulfonamides is 1. The number of imidazole rings is 2. The van der Waals surface area contributed by atoms with Gasteiger partial charge in [-0.05, 0) is 19.1 Å². The van der Waals surface area contributed by atoms with Gasteiger partial charge < -0.3 is 4.98 Å². The molecule has 2 aromatic carbocycles. The predicted octanol–water partition coefficient (Wildman–Crippen LogP) is 4.94. The zero-order chi connectivity index (χ0) is 26.0. The number of hydrogen-bond acceptors (Lipinski definition) is 4. The molecule has 0 spiro atoms. The summed E-state index contributed by atoms with van der Waals surface area (Å²) in [5, 5.41) is 5.21. The molecule has 0 bridgehead atoms. The van der Waals surface area contributed by atoms with E-state index in [1.807, 2.05) is 11.9 Å². The minimum Gasteiger partial charge on any atom is -0.341 e. The number of halogens is 6.